The van der Waals surface area contributed by atoms with Crippen LogP contribution >= 0.6 is 0 Å². The van der Waals surface area contributed by atoms with Crippen LogP contribution in [0.15, 0.2) is 29.2 Å². The number of carbonyl (C=O) groups is 2. The van der Waals surface area contributed by atoms with Crippen LogP contribution in [0.1, 0.15) is 32.6 Å². The van der Waals surface area contributed by atoms with Gasteiger partial charge in [-0.15, -0.1) is 0 Å². The number of hydrogen-bond acceptors (Lipinski definition) is 7. The van der Waals surface area contributed by atoms with Gasteiger partial charge in [-0.1, -0.05) is 25.0 Å². The second-order valence-corrected chi connectivity index (χ2v) is 9.69. The molecule has 1 saturated heterocycles. The number of amides is 3. The number of benzene rings is 1. The summed E-state index contributed by atoms with van der Waals surface area (Å²) in [6, 6.07) is 4.20. The van der Waals surface area contributed by atoms with Crippen molar-refractivity contribution in [3.63, 3.8) is 0 Å². The lowest BCUT2D eigenvalue weighted by Crippen LogP contribution is -2.56. The molecule has 1 saturated carbocycles. The minimum atomic E-state index is -4.04. The Morgan fingerprint density at radius 3 is 2.35 bits per heavy atom. The van der Waals surface area contributed by atoms with E-state index in [1.165, 1.54) is 22.5 Å². The molecule has 2 N–H and O–H groups in total. The summed E-state index contributed by atoms with van der Waals surface area (Å²) in [4.78, 5) is 36.4. The molecular weight excluding hydrogens is 426 g/mol. The van der Waals surface area contributed by atoms with Crippen LogP contribution in [0, 0.1) is 10.1 Å². The highest BCUT2D eigenvalue weighted by atomic mass is 32.2. The first kappa shape index (κ1) is 23.1. The second-order valence-electron chi connectivity index (χ2n) is 7.78. The van der Waals surface area contributed by atoms with Crippen molar-refractivity contribution in [2.24, 2.45) is 0 Å². The van der Waals surface area contributed by atoms with Crippen molar-refractivity contribution < 1.29 is 22.9 Å². The largest absolute Gasteiger partial charge is 0.335 e. The summed E-state index contributed by atoms with van der Waals surface area (Å²) >= 11 is 0. The van der Waals surface area contributed by atoms with Crippen molar-refractivity contribution in [3.05, 3.63) is 34.4 Å². The number of imide groups is 1. The number of nitrogens with zero attached hydrogens (tertiary/aromatic N) is 3. The predicted molar refractivity (Wildman–Crippen MR) is 112 cm³/mol. The molecule has 1 aromatic carbocycles. The van der Waals surface area contributed by atoms with E-state index in [4.69, 9.17) is 0 Å². The zero-order valence-corrected chi connectivity index (χ0v) is 18.1. The van der Waals surface area contributed by atoms with E-state index in [9.17, 15) is 28.1 Å². The Balaban J connectivity index is 1.56. The zero-order valence-electron chi connectivity index (χ0n) is 17.3. The van der Waals surface area contributed by atoms with Crippen LogP contribution in [0.5, 0.6) is 0 Å². The van der Waals surface area contributed by atoms with Gasteiger partial charge in [-0.2, -0.15) is 4.31 Å². The monoisotopic (exact) mass is 453 g/mol. The molecule has 1 aliphatic carbocycles. The van der Waals surface area contributed by atoms with E-state index < -0.39 is 38.6 Å². The Morgan fingerprint density at radius 2 is 1.74 bits per heavy atom. The fourth-order valence-electron chi connectivity index (χ4n) is 3.97. The number of nitro groups is 1. The summed E-state index contributed by atoms with van der Waals surface area (Å²) in [6.45, 7) is 2.35. The molecule has 0 bridgehead atoms. The number of hydrogen-bond donors (Lipinski definition) is 2. The van der Waals surface area contributed by atoms with Crippen LogP contribution in [0.25, 0.3) is 0 Å². The molecule has 1 aromatic rings. The van der Waals surface area contributed by atoms with E-state index in [-0.39, 0.29) is 37.1 Å². The fraction of sp³-hybridized carbons (Fsp3) is 0.579. The molecule has 11 nitrogen and oxygen atoms in total. The fourth-order valence-corrected chi connectivity index (χ4v) is 5.55. The molecule has 3 rings (SSSR count). The number of nitro benzene ring substituents is 1. The topological polar surface area (TPSA) is 142 Å². The maximum Gasteiger partial charge on any atom is 0.321 e. The summed E-state index contributed by atoms with van der Waals surface area (Å²) in [5.41, 5.74) is -0.467. The number of urea groups is 1. The van der Waals surface area contributed by atoms with E-state index >= 15 is 0 Å². The molecule has 31 heavy (non-hydrogen) atoms. The maximum absolute atomic E-state index is 12.9. The molecule has 1 aliphatic heterocycles. The first-order valence-corrected chi connectivity index (χ1v) is 11.7. The van der Waals surface area contributed by atoms with Gasteiger partial charge in [0.05, 0.1) is 11.0 Å². The summed E-state index contributed by atoms with van der Waals surface area (Å²) in [6.07, 6.45) is 3.95. The number of rotatable bonds is 6. The minimum Gasteiger partial charge on any atom is -0.335 e. The van der Waals surface area contributed by atoms with E-state index in [1.807, 2.05) is 0 Å². The lowest BCUT2D eigenvalue weighted by molar-refractivity contribution is -0.387. The molecular formula is C19H27N5O6S. The Bertz CT molecular complexity index is 939. The number of sulfonamides is 1. The van der Waals surface area contributed by atoms with Crippen LogP contribution in [0.3, 0.4) is 0 Å². The van der Waals surface area contributed by atoms with Crippen LogP contribution in [-0.2, 0) is 14.8 Å². The average Bonchev–Trinajstić information content (AvgIpc) is 3.26. The lowest BCUT2D eigenvalue weighted by atomic mass is 10.2. The third-order valence-electron chi connectivity index (χ3n) is 5.81. The molecule has 1 heterocycles. The molecule has 3 amide bonds. The van der Waals surface area contributed by atoms with Gasteiger partial charge in [0.2, 0.25) is 15.9 Å². The third-order valence-corrected chi connectivity index (χ3v) is 7.75. The van der Waals surface area contributed by atoms with Gasteiger partial charge in [0.25, 0.3) is 5.69 Å². The van der Waals surface area contributed by atoms with Crippen molar-refractivity contribution in [1.82, 2.24) is 19.8 Å². The van der Waals surface area contributed by atoms with E-state index in [0.717, 1.165) is 31.7 Å². The maximum atomic E-state index is 12.9. The summed E-state index contributed by atoms with van der Waals surface area (Å²) in [7, 11) is -4.04. The van der Waals surface area contributed by atoms with Crippen molar-refractivity contribution in [2.75, 3.05) is 26.2 Å². The second kappa shape index (κ2) is 9.71. The quantitative estimate of drug-likeness (QED) is 0.484. The van der Waals surface area contributed by atoms with Crippen LogP contribution < -0.4 is 10.6 Å². The van der Waals surface area contributed by atoms with Crippen molar-refractivity contribution in [1.29, 1.82) is 0 Å². The SMILES string of the molecule is CC(C(=O)NC(=O)NC1CCCC1)N1CCN(S(=O)(=O)c2ccccc2[N+](=O)[O-])CC1. The molecule has 12 heteroatoms. The third kappa shape index (κ3) is 5.38. The molecule has 2 aliphatic rings. The molecule has 0 radical (unpaired) electrons. The standard InChI is InChI=1S/C19H27N5O6S/c1-14(18(25)21-19(26)20-15-6-2-3-7-15)22-10-12-23(13-11-22)31(29,30)17-9-5-4-8-16(17)24(27)28/h4-5,8-9,14-15H,2-3,6-7,10-13H2,1H3,(H2,20,21,25,26). The zero-order chi connectivity index (χ0) is 22.6. The molecule has 0 aromatic heterocycles. The Labute approximate surface area is 181 Å². The smallest absolute Gasteiger partial charge is 0.321 e. The normalized spacial score (nSPS) is 19.6. The first-order chi connectivity index (χ1) is 14.7. The molecule has 2 fully saturated rings. The highest BCUT2D eigenvalue weighted by Crippen LogP contribution is 2.27. The molecule has 1 unspecified atom stereocenters. The van der Waals surface area contributed by atoms with E-state index in [1.54, 1.807) is 11.8 Å². The van der Waals surface area contributed by atoms with Gasteiger partial charge in [-0.3, -0.25) is 25.1 Å². The highest BCUT2D eigenvalue weighted by Gasteiger charge is 2.35. The van der Waals surface area contributed by atoms with Crippen molar-refractivity contribution in [2.45, 2.75) is 49.6 Å². The van der Waals surface area contributed by atoms with E-state index in [2.05, 4.69) is 10.6 Å². The van der Waals surface area contributed by atoms with Gasteiger partial charge in [0.15, 0.2) is 4.90 Å². The summed E-state index contributed by atoms with van der Waals surface area (Å²) in [5.74, 6) is -0.453. The van der Waals surface area contributed by atoms with Gasteiger partial charge in [-0.25, -0.2) is 13.2 Å². The number of nitrogens with one attached hydrogen (secondary N) is 2. The van der Waals surface area contributed by atoms with E-state index in [0.29, 0.717) is 0 Å². The van der Waals surface area contributed by atoms with Gasteiger partial charge in [0, 0.05) is 38.3 Å². The number of piperazine rings is 1. The summed E-state index contributed by atoms with van der Waals surface area (Å²) in [5, 5.41) is 16.4. The van der Waals surface area contributed by atoms with Crippen LogP contribution in [-0.4, -0.2) is 72.7 Å². The average molecular weight is 454 g/mol. The molecule has 1 atom stereocenters. The first-order valence-electron chi connectivity index (χ1n) is 10.3. The Morgan fingerprint density at radius 1 is 1.13 bits per heavy atom. The number of para-hydroxylation sites is 1. The van der Waals surface area contributed by atoms with Gasteiger partial charge >= 0.3 is 6.03 Å². The van der Waals surface area contributed by atoms with Gasteiger partial charge < -0.3 is 5.32 Å². The highest BCUT2D eigenvalue weighted by molar-refractivity contribution is 7.89. The van der Waals surface area contributed by atoms with Crippen LogP contribution in [0.2, 0.25) is 0 Å². The Kier molecular flexibility index (Phi) is 7.23. The van der Waals surface area contributed by atoms with Gasteiger partial charge in [0.1, 0.15) is 0 Å². The number of carbonyl (C=O) groups excluding carboxylic acids is 2. The summed E-state index contributed by atoms with van der Waals surface area (Å²) < 4.78 is 27.0. The van der Waals surface area contributed by atoms with Crippen LogP contribution in [0.4, 0.5) is 10.5 Å². The van der Waals surface area contributed by atoms with Crippen molar-refractivity contribution >= 4 is 27.6 Å². The van der Waals surface area contributed by atoms with Gasteiger partial charge in [-0.05, 0) is 25.8 Å². The van der Waals surface area contributed by atoms with Crippen molar-refractivity contribution in [3.8, 4) is 0 Å². The molecule has 0 spiro atoms. The predicted octanol–water partition coefficient (Wildman–Crippen LogP) is 1.06. The minimum absolute atomic E-state index is 0.0836. The lowest BCUT2D eigenvalue weighted by Gasteiger charge is -2.36. The Hall–Kier alpha value is -2.57. The molecule has 170 valence electrons.